The van der Waals surface area contributed by atoms with Gasteiger partial charge in [0.1, 0.15) is 5.69 Å². The second-order valence-corrected chi connectivity index (χ2v) is 9.80. The molecule has 2 aliphatic heterocycles. The standard InChI is InChI=1S/C27H35N7O3/c1-3-20-14-24-25(30-26(20)35)13-19(15-28-24)17-32-9-11-33(12-10-32)21-6-7-23(29-16-21)27(36)31-34-8-4-5-22(34)18-37-2/h6-7,13-16,22H,3-5,8-12,17-18H2,1-2H3,(H,30,35)(H,31,36)/t22-/m0/s1. The summed E-state index contributed by atoms with van der Waals surface area (Å²) in [6.07, 6.45) is 6.44. The minimum atomic E-state index is -0.185. The first-order chi connectivity index (χ1) is 18.0. The molecule has 0 bridgehead atoms. The van der Waals surface area contributed by atoms with E-state index in [-0.39, 0.29) is 17.5 Å². The van der Waals surface area contributed by atoms with Gasteiger partial charge in [0, 0.05) is 58.1 Å². The molecule has 1 amide bonds. The molecule has 0 unspecified atom stereocenters. The molecule has 1 atom stereocenters. The number of aromatic nitrogens is 3. The Kier molecular flexibility index (Phi) is 7.78. The van der Waals surface area contributed by atoms with Gasteiger partial charge in [-0.2, -0.15) is 0 Å². The van der Waals surface area contributed by atoms with E-state index in [1.807, 2.05) is 36.3 Å². The molecule has 196 valence electrons. The van der Waals surface area contributed by atoms with Crippen molar-refractivity contribution in [2.75, 3.05) is 51.3 Å². The van der Waals surface area contributed by atoms with Crippen LogP contribution in [-0.4, -0.2) is 83.3 Å². The second-order valence-electron chi connectivity index (χ2n) is 9.80. The molecule has 10 heteroatoms. The molecule has 5 rings (SSSR count). The Morgan fingerprint density at radius 3 is 2.70 bits per heavy atom. The van der Waals surface area contributed by atoms with E-state index in [2.05, 4.69) is 30.2 Å². The first-order valence-corrected chi connectivity index (χ1v) is 13.0. The Hall–Kier alpha value is -3.34. The number of methoxy groups -OCH3 is 1. The highest BCUT2D eigenvalue weighted by Crippen LogP contribution is 2.19. The minimum absolute atomic E-state index is 0.0361. The largest absolute Gasteiger partial charge is 0.383 e. The van der Waals surface area contributed by atoms with Crippen LogP contribution in [0.4, 0.5) is 5.69 Å². The molecule has 0 aliphatic carbocycles. The number of amides is 1. The van der Waals surface area contributed by atoms with E-state index in [1.165, 1.54) is 0 Å². The van der Waals surface area contributed by atoms with Crippen LogP contribution in [0.1, 0.15) is 41.4 Å². The predicted octanol–water partition coefficient (Wildman–Crippen LogP) is 1.96. The van der Waals surface area contributed by atoms with Gasteiger partial charge in [-0.1, -0.05) is 6.92 Å². The summed E-state index contributed by atoms with van der Waals surface area (Å²) in [5.74, 6) is -0.185. The summed E-state index contributed by atoms with van der Waals surface area (Å²) in [6, 6.07) is 7.89. The molecule has 2 fully saturated rings. The van der Waals surface area contributed by atoms with Crippen molar-refractivity contribution >= 4 is 22.6 Å². The molecule has 3 aromatic rings. The fourth-order valence-corrected chi connectivity index (χ4v) is 5.18. The number of aromatic amines is 1. The quantitative estimate of drug-likeness (QED) is 0.479. The van der Waals surface area contributed by atoms with Gasteiger partial charge < -0.3 is 14.6 Å². The van der Waals surface area contributed by atoms with Crippen LogP contribution in [0.5, 0.6) is 0 Å². The van der Waals surface area contributed by atoms with Crippen molar-refractivity contribution in [1.29, 1.82) is 0 Å². The number of rotatable bonds is 8. The zero-order chi connectivity index (χ0) is 25.8. The fraction of sp³-hybridized carbons (Fsp3) is 0.481. The van der Waals surface area contributed by atoms with E-state index in [9.17, 15) is 9.59 Å². The lowest BCUT2D eigenvalue weighted by atomic mass is 10.1. The molecule has 2 N–H and O–H groups in total. The number of hydrogen-bond acceptors (Lipinski definition) is 8. The summed E-state index contributed by atoms with van der Waals surface area (Å²) in [4.78, 5) is 41.5. The van der Waals surface area contributed by atoms with Crippen LogP contribution in [0.15, 0.2) is 41.5 Å². The summed E-state index contributed by atoms with van der Waals surface area (Å²) in [5.41, 5.74) is 7.84. The van der Waals surface area contributed by atoms with E-state index >= 15 is 0 Å². The van der Waals surface area contributed by atoms with Gasteiger partial charge in [-0.3, -0.25) is 24.9 Å². The summed E-state index contributed by atoms with van der Waals surface area (Å²) in [6.45, 7) is 7.74. The SMILES string of the molecule is CCc1cc2ncc(CN3CCN(c4ccc(C(=O)NN5CCC[C@H]5COC)nc4)CC3)cc2[nH]c1=O. The number of carbonyl (C=O) groups is 1. The number of nitrogens with zero attached hydrogens (tertiary/aromatic N) is 5. The lowest BCUT2D eigenvalue weighted by Gasteiger charge is -2.36. The van der Waals surface area contributed by atoms with Crippen LogP contribution in [0.3, 0.4) is 0 Å². The Bertz CT molecular complexity index is 1290. The van der Waals surface area contributed by atoms with Crippen LogP contribution in [0, 0.1) is 0 Å². The van der Waals surface area contributed by atoms with E-state index in [0.29, 0.717) is 18.7 Å². The van der Waals surface area contributed by atoms with E-state index in [1.54, 1.807) is 19.4 Å². The Labute approximate surface area is 216 Å². The smallest absolute Gasteiger partial charge is 0.284 e. The van der Waals surface area contributed by atoms with Crippen LogP contribution in [-0.2, 0) is 17.7 Å². The van der Waals surface area contributed by atoms with Crippen molar-refractivity contribution in [3.8, 4) is 0 Å². The average molecular weight is 506 g/mol. The Morgan fingerprint density at radius 1 is 1.14 bits per heavy atom. The number of hydrazine groups is 1. The van der Waals surface area contributed by atoms with Gasteiger partial charge in [-0.25, -0.2) is 9.99 Å². The molecule has 0 saturated carbocycles. The number of nitrogens with one attached hydrogen (secondary N) is 2. The summed E-state index contributed by atoms with van der Waals surface area (Å²) >= 11 is 0. The molecule has 10 nitrogen and oxygen atoms in total. The first-order valence-electron chi connectivity index (χ1n) is 13.0. The number of H-pyrrole nitrogens is 1. The molecule has 2 saturated heterocycles. The third kappa shape index (κ3) is 5.82. The highest BCUT2D eigenvalue weighted by atomic mass is 16.5. The van der Waals surface area contributed by atoms with E-state index in [0.717, 1.165) is 80.0 Å². The van der Waals surface area contributed by atoms with Crippen LogP contribution in [0.2, 0.25) is 0 Å². The van der Waals surface area contributed by atoms with E-state index < -0.39 is 0 Å². The van der Waals surface area contributed by atoms with Crippen LogP contribution < -0.4 is 15.9 Å². The normalized spacial score (nSPS) is 19.0. The minimum Gasteiger partial charge on any atom is -0.383 e. The predicted molar refractivity (Wildman–Crippen MR) is 143 cm³/mol. The van der Waals surface area contributed by atoms with Crippen molar-refractivity contribution in [1.82, 2.24) is 30.3 Å². The molecule has 37 heavy (non-hydrogen) atoms. The third-order valence-electron chi connectivity index (χ3n) is 7.31. The molecule has 2 aliphatic rings. The molecule has 3 aromatic heterocycles. The molecule has 0 radical (unpaired) electrons. The van der Waals surface area contributed by atoms with Gasteiger partial charge in [0.25, 0.3) is 11.5 Å². The van der Waals surface area contributed by atoms with Gasteiger partial charge in [-0.15, -0.1) is 0 Å². The van der Waals surface area contributed by atoms with Gasteiger partial charge in [-0.05, 0) is 49.1 Å². The zero-order valence-corrected chi connectivity index (χ0v) is 21.6. The Morgan fingerprint density at radius 2 is 1.97 bits per heavy atom. The highest BCUT2D eigenvalue weighted by molar-refractivity contribution is 5.92. The van der Waals surface area contributed by atoms with Gasteiger partial charge in [0.2, 0.25) is 0 Å². The number of pyridine rings is 3. The number of aryl methyl sites for hydroxylation is 1. The molecule has 0 aromatic carbocycles. The van der Waals surface area contributed by atoms with Crippen molar-refractivity contribution in [3.63, 3.8) is 0 Å². The summed E-state index contributed by atoms with van der Waals surface area (Å²) in [7, 11) is 1.68. The number of ether oxygens (including phenoxy) is 1. The monoisotopic (exact) mass is 505 g/mol. The van der Waals surface area contributed by atoms with Gasteiger partial charge >= 0.3 is 0 Å². The number of anilines is 1. The van der Waals surface area contributed by atoms with Crippen molar-refractivity contribution in [2.45, 2.75) is 38.8 Å². The lowest BCUT2D eigenvalue weighted by Crippen LogP contribution is -2.47. The maximum absolute atomic E-state index is 12.7. The van der Waals surface area contributed by atoms with Crippen molar-refractivity contribution in [2.24, 2.45) is 0 Å². The van der Waals surface area contributed by atoms with Gasteiger partial charge in [0.05, 0.1) is 35.6 Å². The highest BCUT2D eigenvalue weighted by Gasteiger charge is 2.26. The fourth-order valence-electron chi connectivity index (χ4n) is 5.18. The number of piperazine rings is 1. The van der Waals surface area contributed by atoms with Crippen molar-refractivity contribution < 1.29 is 9.53 Å². The Balaban J connectivity index is 1.14. The summed E-state index contributed by atoms with van der Waals surface area (Å²) < 4.78 is 5.26. The second kappa shape index (κ2) is 11.4. The van der Waals surface area contributed by atoms with Crippen LogP contribution >= 0.6 is 0 Å². The molecule has 0 spiro atoms. The molecular weight excluding hydrogens is 470 g/mol. The topological polar surface area (TPSA) is 107 Å². The molecule has 5 heterocycles. The average Bonchev–Trinajstić information content (AvgIpc) is 3.35. The van der Waals surface area contributed by atoms with Crippen molar-refractivity contribution in [3.05, 3.63) is 63.8 Å². The first kappa shape index (κ1) is 25.3. The zero-order valence-electron chi connectivity index (χ0n) is 21.6. The molecular formula is C27H35N7O3. The van der Waals surface area contributed by atoms with Gasteiger partial charge in [0.15, 0.2) is 0 Å². The third-order valence-corrected chi connectivity index (χ3v) is 7.31. The van der Waals surface area contributed by atoms with E-state index in [4.69, 9.17) is 4.74 Å². The number of carbonyl (C=O) groups excluding carboxylic acids is 1. The summed E-state index contributed by atoms with van der Waals surface area (Å²) in [5, 5.41) is 1.96. The maximum Gasteiger partial charge on any atom is 0.284 e. The number of hydrogen-bond donors (Lipinski definition) is 2. The van der Waals surface area contributed by atoms with Crippen LogP contribution in [0.25, 0.3) is 11.0 Å². The lowest BCUT2D eigenvalue weighted by molar-refractivity contribution is 0.0607. The maximum atomic E-state index is 12.7. The number of fused-ring (bicyclic) bond motifs is 1.